The standard InChI is InChI=1S/C23H25FN6OS/c1-15-16(2)30(13-17-7-9-18(24)10-8-17)22(19(15)12-25)26-21(31)14-32-23-28-27-20-6-4-3-5-11-29(20)23/h7-10H,3-6,11,13-14H2,1-2H3,(H,26,31). The Labute approximate surface area is 190 Å². The molecule has 1 amide bonds. The van der Waals surface area contributed by atoms with Crippen LogP contribution in [0.2, 0.25) is 0 Å². The number of nitrogens with zero attached hydrogens (tertiary/aromatic N) is 5. The first-order valence-electron chi connectivity index (χ1n) is 10.7. The molecule has 1 N–H and O–H groups in total. The summed E-state index contributed by atoms with van der Waals surface area (Å²) in [5.74, 6) is 1.11. The van der Waals surface area contributed by atoms with Crippen LogP contribution in [-0.4, -0.2) is 31.0 Å². The van der Waals surface area contributed by atoms with E-state index in [1.807, 2.05) is 18.4 Å². The van der Waals surface area contributed by atoms with Crippen LogP contribution in [-0.2, 0) is 24.3 Å². The molecule has 1 aliphatic heterocycles. The van der Waals surface area contributed by atoms with Crippen LogP contribution in [0, 0.1) is 31.0 Å². The molecule has 1 aliphatic rings. The smallest absolute Gasteiger partial charge is 0.235 e. The van der Waals surface area contributed by atoms with Crippen molar-refractivity contribution in [3.05, 3.63) is 58.3 Å². The molecule has 2 aromatic heterocycles. The quantitative estimate of drug-likeness (QED) is 0.566. The number of halogens is 1. The topological polar surface area (TPSA) is 88.5 Å². The number of hydrogen-bond acceptors (Lipinski definition) is 5. The summed E-state index contributed by atoms with van der Waals surface area (Å²) in [4.78, 5) is 12.8. The summed E-state index contributed by atoms with van der Waals surface area (Å²) < 4.78 is 17.3. The number of aryl methyl sites for hydroxylation is 1. The third-order valence-corrected chi connectivity index (χ3v) is 6.83. The van der Waals surface area contributed by atoms with Gasteiger partial charge in [0, 0.05) is 25.2 Å². The van der Waals surface area contributed by atoms with Crippen molar-refractivity contribution in [2.45, 2.75) is 57.8 Å². The number of thioether (sulfide) groups is 1. The molecule has 0 saturated carbocycles. The molecule has 0 radical (unpaired) electrons. The van der Waals surface area contributed by atoms with Gasteiger partial charge in [-0.3, -0.25) is 4.79 Å². The molecule has 1 aromatic carbocycles. The van der Waals surface area contributed by atoms with Gasteiger partial charge in [0.05, 0.1) is 11.3 Å². The number of hydrogen-bond donors (Lipinski definition) is 1. The summed E-state index contributed by atoms with van der Waals surface area (Å²) >= 11 is 1.36. The van der Waals surface area contributed by atoms with Crippen molar-refractivity contribution >= 4 is 23.5 Å². The fourth-order valence-corrected chi connectivity index (χ4v) is 4.75. The van der Waals surface area contributed by atoms with E-state index in [4.69, 9.17) is 0 Å². The van der Waals surface area contributed by atoms with Crippen LogP contribution in [0.3, 0.4) is 0 Å². The van der Waals surface area contributed by atoms with E-state index in [2.05, 4.69) is 26.2 Å². The average molecular weight is 453 g/mol. The second kappa shape index (κ2) is 9.57. The van der Waals surface area contributed by atoms with Crippen molar-refractivity contribution in [1.29, 1.82) is 5.26 Å². The zero-order valence-corrected chi connectivity index (χ0v) is 19.0. The molecule has 3 aromatic rings. The van der Waals surface area contributed by atoms with Crippen LogP contribution in [0.25, 0.3) is 0 Å². The Morgan fingerprint density at radius 3 is 2.75 bits per heavy atom. The summed E-state index contributed by atoms with van der Waals surface area (Å²) in [6.07, 6.45) is 4.30. The molecule has 0 unspecified atom stereocenters. The number of anilines is 1. The van der Waals surface area contributed by atoms with Gasteiger partial charge < -0.3 is 14.5 Å². The highest BCUT2D eigenvalue weighted by atomic mass is 32.2. The lowest BCUT2D eigenvalue weighted by Gasteiger charge is -2.13. The van der Waals surface area contributed by atoms with Crippen LogP contribution >= 0.6 is 11.8 Å². The van der Waals surface area contributed by atoms with Gasteiger partial charge in [0.1, 0.15) is 23.5 Å². The molecular weight excluding hydrogens is 427 g/mol. The Morgan fingerprint density at radius 2 is 2.00 bits per heavy atom. The molecule has 3 heterocycles. The predicted octanol–water partition coefficient (Wildman–Crippen LogP) is 4.21. The monoisotopic (exact) mass is 452 g/mol. The SMILES string of the molecule is Cc1c(C#N)c(NC(=O)CSc2nnc3n2CCCCC3)n(Cc2ccc(F)cc2)c1C. The van der Waals surface area contributed by atoms with E-state index in [-0.39, 0.29) is 17.5 Å². The molecule has 7 nitrogen and oxygen atoms in total. The number of rotatable bonds is 6. The molecule has 4 rings (SSSR count). The number of carbonyl (C=O) groups excluding carboxylic acids is 1. The van der Waals surface area contributed by atoms with Crippen molar-refractivity contribution in [1.82, 2.24) is 19.3 Å². The van der Waals surface area contributed by atoms with Gasteiger partial charge >= 0.3 is 0 Å². The van der Waals surface area contributed by atoms with Crippen molar-refractivity contribution < 1.29 is 9.18 Å². The Hall–Kier alpha value is -3.12. The average Bonchev–Trinajstić information content (AvgIpc) is 3.14. The molecule has 32 heavy (non-hydrogen) atoms. The lowest BCUT2D eigenvalue weighted by molar-refractivity contribution is -0.113. The largest absolute Gasteiger partial charge is 0.326 e. The van der Waals surface area contributed by atoms with E-state index in [0.717, 1.165) is 53.6 Å². The van der Waals surface area contributed by atoms with Gasteiger partial charge in [-0.2, -0.15) is 5.26 Å². The Balaban J connectivity index is 1.51. The minimum absolute atomic E-state index is 0.169. The summed E-state index contributed by atoms with van der Waals surface area (Å²) in [5, 5.41) is 21.9. The second-order valence-electron chi connectivity index (χ2n) is 7.96. The summed E-state index contributed by atoms with van der Waals surface area (Å²) in [7, 11) is 0. The predicted molar refractivity (Wildman–Crippen MR) is 121 cm³/mol. The van der Waals surface area contributed by atoms with Gasteiger partial charge in [0.2, 0.25) is 5.91 Å². The van der Waals surface area contributed by atoms with Crippen molar-refractivity contribution in [2.75, 3.05) is 11.1 Å². The van der Waals surface area contributed by atoms with Gasteiger partial charge in [-0.15, -0.1) is 10.2 Å². The number of amides is 1. The minimum atomic E-state index is -0.302. The Morgan fingerprint density at radius 1 is 1.22 bits per heavy atom. The summed E-state index contributed by atoms with van der Waals surface area (Å²) in [6.45, 7) is 5.08. The van der Waals surface area contributed by atoms with Gasteiger partial charge in [-0.05, 0) is 49.9 Å². The lowest BCUT2D eigenvalue weighted by Crippen LogP contribution is -2.19. The first kappa shape index (κ1) is 22.1. The number of fused-ring (bicyclic) bond motifs is 1. The fourth-order valence-electron chi connectivity index (χ4n) is 3.96. The normalized spacial score (nSPS) is 13.3. The number of nitrogens with one attached hydrogen (secondary N) is 1. The zero-order chi connectivity index (χ0) is 22.7. The highest BCUT2D eigenvalue weighted by Gasteiger charge is 2.21. The third-order valence-electron chi connectivity index (χ3n) is 5.86. The molecule has 0 spiro atoms. The Kier molecular flexibility index (Phi) is 6.61. The molecule has 9 heteroatoms. The van der Waals surface area contributed by atoms with E-state index in [1.165, 1.54) is 30.3 Å². The van der Waals surface area contributed by atoms with Crippen molar-refractivity contribution in [3.63, 3.8) is 0 Å². The number of nitriles is 1. The van der Waals surface area contributed by atoms with Gasteiger partial charge in [-0.25, -0.2) is 4.39 Å². The highest BCUT2D eigenvalue weighted by Crippen LogP contribution is 2.28. The van der Waals surface area contributed by atoms with Gasteiger partial charge in [-0.1, -0.05) is 30.3 Å². The summed E-state index contributed by atoms with van der Waals surface area (Å²) in [6, 6.07) is 8.43. The summed E-state index contributed by atoms with van der Waals surface area (Å²) in [5.41, 5.74) is 3.03. The van der Waals surface area contributed by atoms with E-state index >= 15 is 0 Å². The fraction of sp³-hybridized carbons (Fsp3) is 0.391. The molecule has 0 saturated heterocycles. The van der Waals surface area contributed by atoms with E-state index < -0.39 is 0 Å². The number of benzene rings is 1. The maximum atomic E-state index is 13.3. The molecule has 166 valence electrons. The first-order valence-corrected chi connectivity index (χ1v) is 11.7. The zero-order valence-electron chi connectivity index (χ0n) is 18.2. The Bertz CT molecular complexity index is 1170. The molecule has 0 fully saturated rings. The third kappa shape index (κ3) is 4.55. The second-order valence-corrected chi connectivity index (χ2v) is 8.90. The lowest BCUT2D eigenvalue weighted by atomic mass is 10.2. The van der Waals surface area contributed by atoms with Crippen LogP contribution in [0.5, 0.6) is 0 Å². The van der Waals surface area contributed by atoms with Crippen molar-refractivity contribution in [2.24, 2.45) is 0 Å². The van der Waals surface area contributed by atoms with E-state index in [1.54, 1.807) is 12.1 Å². The van der Waals surface area contributed by atoms with Crippen LogP contribution in [0.1, 0.15) is 47.5 Å². The van der Waals surface area contributed by atoms with E-state index in [9.17, 15) is 14.4 Å². The molecular formula is C23H25FN6OS. The van der Waals surface area contributed by atoms with Crippen LogP contribution in [0.4, 0.5) is 10.2 Å². The maximum Gasteiger partial charge on any atom is 0.235 e. The van der Waals surface area contributed by atoms with Gasteiger partial charge in [0.15, 0.2) is 5.16 Å². The number of aromatic nitrogens is 4. The molecule has 0 bridgehead atoms. The van der Waals surface area contributed by atoms with E-state index in [0.29, 0.717) is 17.9 Å². The first-order chi connectivity index (χ1) is 15.5. The van der Waals surface area contributed by atoms with Crippen LogP contribution in [0.15, 0.2) is 29.4 Å². The minimum Gasteiger partial charge on any atom is -0.326 e. The van der Waals surface area contributed by atoms with Crippen LogP contribution < -0.4 is 5.32 Å². The van der Waals surface area contributed by atoms with Crippen molar-refractivity contribution in [3.8, 4) is 6.07 Å². The maximum absolute atomic E-state index is 13.3. The van der Waals surface area contributed by atoms with Gasteiger partial charge in [0.25, 0.3) is 0 Å². The highest BCUT2D eigenvalue weighted by molar-refractivity contribution is 7.99. The number of carbonyl (C=O) groups is 1. The molecule has 0 aliphatic carbocycles. The molecule has 0 atom stereocenters.